The Labute approximate surface area is 58.4 Å². The van der Waals surface area contributed by atoms with Gasteiger partial charge >= 0.3 is 0 Å². The van der Waals surface area contributed by atoms with Gasteiger partial charge in [0.05, 0.1) is 12.7 Å². The number of nitrogens with one attached hydrogen (secondary N) is 1. The summed E-state index contributed by atoms with van der Waals surface area (Å²) in [5.41, 5.74) is 1.14. The number of H-pyrrole nitrogens is 1. The molecule has 1 N–H and O–H groups in total. The van der Waals surface area contributed by atoms with Crippen LogP contribution in [0, 0.1) is 0 Å². The molecule has 1 aromatic rings. The van der Waals surface area contributed by atoms with Crippen LogP contribution >= 0.6 is 0 Å². The number of nitrogens with zero attached hydrogens (tertiary/aromatic N) is 3. The Balaban J connectivity index is 2.20. The van der Waals surface area contributed by atoms with Gasteiger partial charge in [-0.1, -0.05) is 0 Å². The van der Waals surface area contributed by atoms with Crippen LogP contribution in [0.25, 0.3) is 0 Å². The molecule has 1 unspecified atom stereocenters. The summed E-state index contributed by atoms with van der Waals surface area (Å²) >= 11 is 0. The molecule has 0 spiro atoms. The second-order valence-electron chi connectivity index (χ2n) is 2.32. The molecule has 4 nitrogen and oxygen atoms in total. The molecule has 4 heteroatoms. The van der Waals surface area contributed by atoms with Gasteiger partial charge in [-0.2, -0.15) is 15.3 Å². The van der Waals surface area contributed by atoms with Crippen molar-refractivity contribution < 1.29 is 0 Å². The highest BCUT2D eigenvalue weighted by atomic mass is 15.2. The van der Waals surface area contributed by atoms with E-state index < -0.39 is 0 Å². The fourth-order valence-electron chi connectivity index (χ4n) is 1.07. The van der Waals surface area contributed by atoms with Gasteiger partial charge in [0.15, 0.2) is 0 Å². The number of rotatable bonds is 1. The van der Waals surface area contributed by atoms with Crippen LogP contribution in [-0.2, 0) is 0 Å². The topological polar surface area (TPSA) is 53.4 Å². The standard InChI is InChI=1S/C6H8N4/c1-2-7-10-6(1)5-3-8-9-4-5/h3-4,6H,1-2H2,(H,8,9). The molecule has 0 fully saturated rings. The molecule has 52 valence electrons. The second kappa shape index (κ2) is 2.21. The third kappa shape index (κ3) is 0.814. The molecule has 0 saturated carbocycles. The molecular formula is C6H8N4. The Bertz CT molecular complexity index is 226. The van der Waals surface area contributed by atoms with Crippen LogP contribution in [-0.4, -0.2) is 16.7 Å². The Kier molecular flexibility index (Phi) is 1.23. The van der Waals surface area contributed by atoms with Crippen LogP contribution in [0.4, 0.5) is 0 Å². The summed E-state index contributed by atoms with van der Waals surface area (Å²) in [4.78, 5) is 0. The molecule has 0 amide bonds. The molecule has 0 radical (unpaired) electrons. The monoisotopic (exact) mass is 136 g/mol. The molecule has 0 saturated heterocycles. The van der Waals surface area contributed by atoms with Crippen molar-refractivity contribution in [1.82, 2.24) is 10.2 Å². The molecule has 0 bridgehead atoms. The molecule has 1 aliphatic heterocycles. The van der Waals surface area contributed by atoms with Crippen LogP contribution < -0.4 is 0 Å². The van der Waals surface area contributed by atoms with E-state index in [-0.39, 0.29) is 6.04 Å². The number of aromatic nitrogens is 2. The largest absolute Gasteiger partial charge is 0.285 e. The van der Waals surface area contributed by atoms with Crippen molar-refractivity contribution >= 4 is 0 Å². The first-order valence-corrected chi connectivity index (χ1v) is 3.32. The zero-order valence-electron chi connectivity index (χ0n) is 5.49. The Morgan fingerprint density at radius 3 is 3.20 bits per heavy atom. The van der Waals surface area contributed by atoms with Crippen molar-refractivity contribution in [1.29, 1.82) is 0 Å². The molecular weight excluding hydrogens is 128 g/mol. The highest BCUT2D eigenvalue weighted by molar-refractivity contribution is 5.09. The highest BCUT2D eigenvalue weighted by Gasteiger charge is 2.14. The van der Waals surface area contributed by atoms with E-state index in [9.17, 15) is 0 Å². The summed E-state index contributed by atoms with van der Waals surface area (Å²) in [6.45, 7) is 0.857. The van der Waals surface area contributed by atoms with Gasteiger partial charge in [-0.15, -0.1) is 0 Å². The van der Waals surface area contributed by atoms with Crippen molar-refractivity contribution in [2.24, 2.45) is 10.2 Å². The van der Waals surface area contributed by atoms with E-state index in [2.05, 4.69) is 20.4 Å². The summed E-state index contributed by atoms with van der Waals surface area (Å²) < 4.78 is 0. The van der Waals surface area contributed by atoms with Gasteiger partial charge < -0.3 is 0 Å². The lowest BCUT2D eigenvalue weighted by Gasteiger charge is -1.97. The molecule has 1 aliphatic rings. The Hall–Kier alpha value is -1.19. The van der Waals surface area contributed by atoms with Crippen molar-refractivity contribution in [2.45, 2.75) is 12.5 Å². The lowest BCUT2D eigenvalue weighted by molar-refractivity contribution is 0.742. The summed E-state index contributed by atoms with van der Waals surface area (Å²) in [6.07, 6.45) is 4.70. The molecule has 1 atom stereocenters. The van der Waals surface area contributed by atoms with Crippen molar-refractivity contribution in [3.05, 3.63) is 18.0 Å². The maximum absolute atomic E-state index is 4.04. The van der Waals surface area contributed by atoms with E-state index in [0.717, 1.165) is 18.5 Å². The molecule has 10 heavy (non-hydrogen) atoms. The fourth-order valence-corrected chi connectivity index (χ4v) is 1.07. The van der Waals surface area contributed by atoms with E-state index in [1.165, 1.54) is 0 Å². The molecule has 2 heterocycles. The predicted octanol–water partition coefficient (Wildman–Crippen LogP) is 1.31. The van der Waals surface area contributed by atoms with E-state index in [1.807, 2.05) is 6.20 Å². The van der Waals surface area contributed by atoms with Gasteiger partial charge in [0.1, 0.15) is 6.04 Å². The number of azo groups is 1. The SMILES string of the molecule is c1n[nH]cc1C1CCN=N1. The van der Waals surface area contributed by atoms with Gasteiger partial charge in [0.2, 0.25) is 0 Å². The van der Waals surface area contributed by atoms with Gasteiger partial charge in [-0.3, -0.25) is 5.10 Å². The number of aromatic amines is 1. The molecule has 0 aliphatic carbocycles. The van der Waals surface area contributed by atoms with Gasteiger partial charge in [0.25, 0.3) is 0 Å². The van der Waals surface area contributed by atoms with Crippen LogP contribution in [0.1, 0.15) is 18.0 Å². The Morgan fingerprint density at radius 1 is 1.60 bits per heavy atom. The van der Waals surface area contributed by atoms with Crippen LogP contribution in [0.2, 0.25) is 0 Å². The van der Waals surface area contributed by atoms with E-state index >= 15 is 0 Å². The first kappa shape index (κ1) is 5.58. The molecule has 0 aromatic carbocycles. The fraction of sp³-hybridized carbons (Fsp3) is 0.500. The van der Waals surface area contributed by atoms with Crippen molar-refractivity contribution in [3.63, 3.8) is 0 Å². The second-order valence-corrected chi connectivity index (χ2v) is 2.32. The number of hydrogen-bond donors (Lipinski definition) is 1. The summed E-state index contributed by atoms with van der Waals surface area (Å²) in [5.74, 6) is 0. The maximum atomic E-state index is 4.04. The van der Waals surface area contributed by atoms with E-state index in [4.69, 9.17) is 0 Å². The van der Waals surface area contributed by atoms with Crippen molar-refractivity contribution in [2.75, 3.05) is 6.54 Å². The number of hydrogen-bond acceptors (Lipinski definition) is 3. The Morgan fingerprint density at radius 2 is 2.60 bits per heavy atom. The van der Waals surface area contributed by atoms with Crippen LogP contribution in [0.15, 0.2) is 22.6 Å². The van der Waals surface area contributed by atoms with Gasteiger partial charge in [-0.25, -0.2) is 0 Å². The minimum absolute atomic E-state index is 0.263. The van der Waals surface area contributed by atoms with Crippen LogP contribution in [0.3, 0.4) is 0 Å². The van der Waals surface area contributed by atoms with Crippen LogP contribution in [0.5, 0.6) is 0 Å². The average Bonchev–Trinajstić information content (AvgIpc) is 2.59. The summed E-state index contributed by atoms with van der Waals surface area (Å²) in [7, 11) is 0. The van der Waals surface area contributed by atoms with Gasteiger partial charge in [-0.05, 0) is 6.42 Å². The maximum Gasteiger partial charge on any atom is 0.101 e. The van der Waals surface area contributed by atoms with E-state index in [1.54, 1.807) is 6.20 Å². The third-order valence-electron chi connectivity index (χ3n) is 1.63. The highest BCUT2D eigenvalue weighted by Crippen LogP contribution is 2.24. The van der Waals surface area contributed by atoms with E-state index in [0.29, 0.717) is 0 Å². The zero-order valence-corrected chi connectivity index (χ0v) is 5.49. The lowest BCUT2D eigenvalue weighted by Crippen LogP contribution is -1.87. The first-order chi connectivity index (χ1) is 4.97. The lowest BCUT2D eigenvalue weighted by atomic mass is 10.1. The summed E-state index contributed by atoms with van der Waals surface area (Å²) in [6, 6.07) is 0.263. The van der Waals surface area contributed by atoms with Gasteiger partial charge in [0, 0.05) is 11.8 Å². The quantitative estimate of drug-likeness (QED) is 0.621. The van der Waals surface area contributed by atoms with Crippen molar-refractivity contribution in [3.8, 4) is 0 Å². The minimum atomic E-state index is 0.263. The average molecular weight is 136 g/mol. The smallest absolute Gasteiger partial charge is 0.101 e. The first-order valence-electron chi connectivity index (χ1n) is 3.32. The zero-order chi connectivity index (χ0) is 6.81. The minimum Gasteiger partial charge on any atom is -0.285 e. The normalized spacial score (nSPS) is 23.8. The molecule has 2 rings (SSSR count). The predicted molar refractivity (Wildman–Crippen MR) is 35.7 cm³/mol. The summed E-state index contributed by atoms with van der Waals surface area (Å²) in [5, 5.41) is 14.5. The molecule has 1 aromatic heterocycles. The third-order valence-corrected chi connectivity index (χ3v) is 1.63.